The van der Waals surface area contributed by atoms with Crippen molar-refractivity contribution in [3.05, 3.63) is 206 Å². The van der Waals surface area contributed by atoms with Gasteiger partial charge in [0.2, 0.25) is 0 Å². The molecule has 0 atom stereocenters. The van der Waals surface area contributed by atoms with Crippen molar-refractivity contribution < 1.29 is 9.90 Å². The molecule has 0 aliphatic rings. The Labute approximate surface area is 325 Å². The van der Waals surface area contributed by atoms with E-state index in [0.717, 1.165) is 33.0 Å². The molecule has 0 spiro atoms. The molecule has 256 valence electrons. The van der Waals surface area contributed by atoms with Crippen molar-refractivity contribution in [1.29, 1.82) is 0 Å². The molecule has 0 bridgehead atoms. The van der Waals surface area contributed by atoms with Gasteiger partial charge < -0.3 is 4.42 Å². The minimum absolute atomic E-state index is 0.0458. The molecule has 11 aromatic rings. The average Bonchev–Trinajstić information content (AvgIpc) is 3.67. The number of hydrogen-bond donors (Lipinski definition) is 0. The summed E-state index contributed by atoms with van der Waals surface area (Å²) in [5, 5.41) is 7.41. The Hall–Kier alpha value is -7.22. The molecule has 0 aliphatic carbocycles. The second-order valence-electron chi connectivity index (χ2n) is 14.1. The van der Waals surface area contributed by atoms with E-state index in [1.54, 1.807) is 6.07 Å². The maximum atomic E-state index is 8.53. The molecule has 0 unspecified atom stereocenters. The highest BCUT2D eigenvalue weighted by Gasteiger charge is 2.18. The van der Waals surface area contributed by atoms with Gasteiger partial charge in [-0.3, -0.25) is 0 Å². The van der Waals surface area contributed by atoms with Gasteiger partial charge in [0.15, 0.2) is 0 Å². The van der Waals surface area contributed by atoms with E-state index in [0.29, 0.717) is 16.4 Å². The first-order chi connectivity index (χ1) is 28.9. The largest absolute Gasteiger partial charge is 0.455 e. The molecule has 0 aliphatic heterocycles. The smallest absolute Gasteiger partial charge is 0.143 e. The third-order valence-corrected chi connectivity index (χ3v) is 11.0. The van der Waals surface area contributed by atoms with Gasteiger partial charge in [-0.05, 0) is 101 Å². The summed E-state index contributed by atoms with van der Waals surface area (Å²) in [4.78, 5) is 0. The van der Waals surface area contributed by atoms with E-state index in [1.807, 2.05) is 24.3 Å². The molecule has 11 rings (SSSR count). The zero-order valence-corrected chi connectivity index (χ0v) is 29.7. The fraction of sp³-hybridized carbons (Fsp3) is 0. The summed E-state index contributed by atoms with van der Waals surface area (Å²) in [5.41, 5.74) is 12.7. The van der Waals surface area contributed by atoms with E-state index >= 15 is 0 Å². The third-order valence-electron chi connectivity index (χ3n) is 11.0. The van der Waals surface area contributed by atoms with Gasteiger partial charge in [0, 0.05) is 16.3 Å². The molecule has 10 aromatic carbocycles. The second kappa shape index (κ2) is 12.7. The number of furan rings is 1. The number of para-hydroxylation sites is 1. The minimum atomic E-state index is -0.246. The van der Waals surface area contributed by atoms with Crippen LogP contribution in [0.3, 0.4) is 0 Å². The normalized spacial score (nSPS) is 12.7. The molecule has 1 heteroatoms. The van der Waals surface area contributed by atoms with Gasteiger partial charge in [-0.15, -0.1) is 0 Å². The van der Waals surface area contributed by atoms with E-state index in [1.165, 1.54) is 60.5 Å². The molecule has 0 amide bonds. The minimum Gasteiger partial charge on any atom is -0.455 e. The summed E-state index contributed by atoms with van der Waals surface area (Å²) < 4.78 is 39.9. The Kier molecular flexibility index (Phi) is 6.34. The van der Waals surface area contributed by atoms with Crippen LogP contribution in [-0.4, -0.2) is 0 Å². The van der Waals surface area contributed by atoms with Crippen LogP contribution in [-0.2, 0) is 0 Å². The van der Waals surface area contributed by atoms with Gasteiger partial charge >= 0.3 is 0 Å². The fourth-order valence-corrected chi connectivity index (χ4v) is 8.38. The Bertz CT molecular complexity index is 3400. The summed E-state index contributed by atoms with van der Waals surface area (Å²) >= 11 is 0. The Balaban J connectivity index is 1.02. The molecule has 0 radical (unpaired) electrons. The number of rotatable bonds is 5. The van der Waals surface area contributed by atoms with Crippen LogP contribution in [0.1, 0.15) is 5.48 Å². The van der Waals surface area contributed by atoms with Gasteiger partial charge in [-0.2, -0.15) is 0 Å². The third kappa shape index (κ3) is 5.24. The van der Waals surface area contributed by atoms with Crippen LogP contribution >= 0.6 is 0 Å². The number of hydrogen-bond acceptors (Lipinski definition) is 1. The van der Waals surface area contributed by atoms with Crippen LogP contribution in [0.25, 0.3) is 110 Å². The van der Waals surface area contributed by atoms with Gasteiger partial charge in [-0.1, -0.05) is 188 Å². The van der Waals surface area contributed by atoms with Gasteiger partial charge in [0.1, 0.15) is 11.2 Å². The highest BCUT2D eigenvalue weighted by molar-refractivity contribution is 6.21. The van der Waals surface area contributed by atoms with Crippen molar-refractivity contribution in [3.63, 3.8) is 0 Å². The molecule has 0 N–H and O–H groups in total. The quantitative estimate of drug-likeness (QED) is 0.163. The van der Waals surface area contributed by atoms with Crippen LogP contribution in [0.2, 0.25) is 0 Å². The summed E-state index contributed by atoms with van der Waals surface area (Å²) in [6.45, 7) is 0. The standard InChI is InChI=1S/C54H34O/c1-2-12-35(13-3-1)36-24-26-37(27-25-36)40-16-10-17-43(32-40)53-47-20-8-6-18-45(47)52(46-19-7-9-21-48(46)53)39-30-28-38(29-31-39)44-22-11-23-49-50-33-41-14-4-5-15-42(41)34-51(50)55-54(44)49/h1-34H/i4D,5D,14D,15D. The number of benzene rings is 10. The van der Waals surface area contributed by atoms with E-state index in [-0.39, 0.29) is 24.2 Å². The summed E-state index contributed by atoms with van der Waals surface area (Å²) in [6, 6.07) is 63.4. The van der Waals surface area contributed by atoms with Crippen molar-refractivity contribution >= 4 is 54.3 Å². The van der Waals surface area contributed by atoms with E-state index in [9.17, 15) is 0 Å². The Morgan fingerprint density at radius 3 is 1.47 bits per heavy atom. The first kappa shape index (κ1) is 27.4. The first-order valence-electron chi connectivity index (χ1n) is 20.6. The first-order valence-corrected chi connectivity index (χ1v) is 18.6. The molecule has 0 saturated carbocycles. The van der Waals surface area contributed by atoms with Crippen molar-refractivity contribution in [3.8, 4) is 55.6 Å². The van der Waals surface area contributed by atoms with Crippen LogP contribution in [0.5, 0.6) is 0 Å². The van der Waals surface area contributed by atoms with Crippen molar-refractivity contribution in [2.24, 2.45) is 0 Å². The van der Waals surface area contributed by atoms with Crippen LogP contribution < -0.4 is 0 Å². The zero-order valence-electron chi connectivity index (χ0n) is 33.7. The highest BCUT2D eigenvalue weighted by atomic mass is 16.3. The molecular weight excluding hydrogens is 665 g/mol. The van der Waals surface area contributed by atoms with E-state index < -0.39 is 0 Å². The van der Waals surface area contributed by atoms with Crippen LogP contribution in [0, 0.1) is 0 Å². The summed E-state index contributed by atoms with van der Waals surface area (Å²) in [7, 11) is 0. The molecular formula is C54H34O. The molecule has 1 nitrogen and oxygen atoms in total. The van der Waals surface area contributed by atoms with Crippen molar-refractivity contribution in [1.82, 2.24) is 0 Å². The lowest BCUT2D eigenvalue weighted by molar-refractivity contribution is 0.670. The van der Waals surface area contributed by atoms with E-state index in [2.05, 4.69) is 152 Å². The highest BCUT2D eigenvalue weighted by Crippen LogP contribution is 2.45. The van der Waals surface area contributed by atoms with Crippen LogP contribution in [0.15, 0.2) is 211 Å². The van der Waals surface area contributed by atoms with Gasteiger partial charge in [-0.25, -0.2) is 0 Å². The van der Waals surface area contributed by atoms with Crippen molar-refractivity contribution in [2.45, 2.75) is 0 Å². The van der Waals surface area contributed by atoms with Gasteiger partial charge in [0.05, 0.1) is 5.48 Å². The molecule has 1 heterocycles. The fourth-order valence-electron chi connectivity index (χ4n) is 8.38. The average molecular weight is 703 g/mol. The second-order valence-corrected chi connectivity index (χ2v) is 14.1. The lowest BCUT2D eigenvalue weighted by Gasteiger charge is -2.18. The lowest BCUT2D eigenvalue weighted by atomic mass is 9.85. The monoisotopic (exact) mass is 702 g/mol. The predicted molar refractivity (Wildman–Crippen MR) is 233 cm³/mol. The molecule has 55 heavy (non-hydrogen) atoms. The topological polar surface area (TPSA) is 13.1 Å². The maximum absolute atomic E-state index is 8.53. The van der Waals surface area contributed by atoms with E-state index in [4.69, 9.17) is 9.90 Å². The SMILES string of the molecule is [2H]c1c([2H])c([2H])c2cc3c(cc2c1[2H])oc1c(-c2ccc(-c4c5ccccc5c(-c5cccc(-c6ccc(-c7ccccc7)cc6)c5)c5ccccc45)cc2)cccc13. The molecule has 0 fully saturated rings. The molecule has 0 saturated heterocycles. The zero-order chi connectivity index (χ0) is 39.8. The number of fused-ring (bicyclic) bond motifs is 6. The predicted octanol–water partition coefficient (Wildman–Crippen LogP) is 15.4. The van der Waals surface area contributed by atoms with Gasteiger partial charge in [0.25, 0.3) is 0 Å². The Morgan fingerprint density at radius 1 is 0.327 bits per heavy atom. The summed E-state index contributed by atoms with van der Waals surface area (Å²) in [5.74, 6) is 0. The van der Waals surface area contributed by atoms with Crippen molar-refractivity contribution in [2.75, 3.05) is 0 Å². The summed E-state index contributed by atoms with van der Waals surface area (Å²) in [6.07, 6.45) is 0. The lowest BCUT2D eigenvalue weighted by Crippen LogP contribution is -1.91. The van der Waals surface area contributed by atoms with Crippen LogP contribution in [0.4, 0.5) is 0 Å². The Morgan fingerprint density at radius 2 is 0.800 bits per heavy atom. The molecule has 1 aromatic heterocycles. The maximum Gasteiger partial charge on any atom is 0.143 e.